The maximum atomic E-state index is 13.1. The lowest BCUT2D eigenvalue weighted by molar-refractivity contribution is 0.206. The van der Waals surface area contributed by atoms with Gasteiger partial charge in [0, 0.05) is 48.0 Å². The second kappa shape index (κ2) is 8.77. The summed E-state index contributed by atoms with van der Waals surface area (Å²) in [5, 5.41) is 3.08. The second-order valence-corrected chi connectivity index (χ2v) is 7.33. The van der Waals surface area contributed by atoms with Crippen molar-refractivity contribution in [3.63, 3.8) is 0 Å². The number of carbonyl (C=O) groups excluding carboxylic acids is 1. The monoisotopic (exact) mass is 424 g/mol. The van der Waals surface area contributed by atoms with Gasteiger partial charge in [-0.2, -0.15) is 0 Å². The SMILES string of the molecule is Cc1cc(Br)cc(C)c1NC(=O)N(Cc1ccncc1)Cc1cccnc1. The standard InChI is InChI=1S/C21H21BrN4O/c1-15-10-19(22)11-16(2)20(15)25-21(27)26(13-17-5-8-23-9-6-17)14-18-4-3-7-24-12-18/h3-12H,13-14H2,1-2H3,(H,25,27). The summed E-state index contributed by atoms with van der Waals surface area (Å²) in [6, 6.07) is 11.5. The Balaban J connectivity index is 1.84. The Morgan fingerprint density at radius 3 is 2.30 bits per heavy atom. The topological polar surface area (TPSA) is 58.1 Å². The van der Waals surface area contributed by atoms with Crippen LogP contribution in [0.1, 0.15) is 22.3 Å². The number of amides is 2. The lowest BCUT2D eigenvalue weighted by Gasteiger charge is -2.24. The number of benzene rings is 1. The molecule has 0 unspecified atom stereocenters. The van der Waals surface area contributed by atoms with Gasteiger partial charge in [-0.25, -0.2) is 4.79 Å². The van der Waals surface area contributed by atoms with E-state index in [2.05, 4.69) is 31.2 Å². The largest absolute Gasteiger partial charge is 0.322 e. The number of hydrogen-bond donors (Lipinski definition) is 1. The predicted octanol–water partition coefficient (Wildman–Crippen LogP) is 5.09. The first kappa shape index (κ1) is 19.0. The first-order valence-corrected chi connectivity index (χ1v) is 9.42. The first-order chi connectivity index (χ1) is 13.0. The van der Waals surface area contributed by atoms with Crippen LogP contribution in [0.5, 0.6) is 0 Å². The number of pyridine rings is 2. The average molecular weight is 425 g/mol. The zero-order chi connectivity index (χ0) is 19.2. The number of rotatable bonds is 5. The van der Waals surface area contributed by atoms with Crippen molar-refractivity contribution in [3.8, 4) is 0 Å². The van der Waals surface area contributed by atoms with Crippen LogP contribution in [0.4, 0.5) is 10.5 Å². The van der Waals surface area contributed by atoms with E-state index in [-0.39, 0.29) is 6.03 Å². The molecule has 0 bridgehead atoms. The van der Waals surface area contributed by atoms with Gasteiger partial charge in [0.1, 0.15) is 0 Å². The molecule has 0 saturated heterocycles. The van der Waals surface area contributed by atoms with Crippen LogP contribution in [-0.2, 0) is 13.1 Å². The quantitative estimate of drug-likeness (QED) is 0.620. The second-order valence-electron chi connectivity index (χ2n) is 6.42. The number of carbonyl (C=O) groups is 1. The summed E-state index contributed by atoms with van der Waals surface area (Å²) < 4.78 is 1.000. The van der Waals surface area contributed by atoms with E-state index >= 15 is 0 Å². The highest BCUT2D eigenvalue weighted by Crippen LogP contribution is 2.25. The van der Waals surface area contributed by atoms with E-state index in [1.807, 2.05) is 50.2 Å². The van der Waals surface area contributed by atoms with Crippen LogP contribution in [0.3, 0.4) is 0 Å². The molecular formula is C21H21BrN4O. The van der Waals surface area contributed by atoms with E-state index in [4.69, 9.17) is 0 Å². The number of aryl methyl sites for hydroxylation is 2. The smallest absolute Gasteiger partial charge is 0.316 e. The molecule has 2 aromatic heterocycles. The highest BCUT2D eigenvalue weighted by molar-refractivity contribution is 9.10. The molecule has 3 aromatic rings. The van der Waals surface area contributed by atoms with Crippen molar-refractivity contribution < 1.29 is 4.79 Å². The van der Waals surface area contributed by atoms with Crippen LogP contribution in [0.15, 0.2) is 65.7 Å². The van der Waals surface area contributed by atoms with Crippen molar-refractivity contribution in [2.45, 2.75) is 26.9 Å². The van der Waals surface area contributed by atoms with Crippen LogP contribution in [0.25, 0.3) is 0 Å². The number of halogens is 1. The number of anilines is 1. The zero-order valence-electron chi connectivity index (χ0n) is 15.3. The molecule has 2 heterocycles. The molecule has 138 valence electrons. The molecule has 27 heavy (non-hydrogen) atoms. The lowest BCUT2D eigenvalue weighted by atomic mass is 10.1. The molecule has 0 fully saturated rings. The van der Waals surface area contributed by atoms with Crippen molar-refractivity contribution >= 4 is 27.6 Å². The van der Waals surface area contributed by atoms with Crippen LogP contribution < -0.4 is 5.32 Å². The van der Waals surface area contributed by atoms with Gasteiger partial charge in [-0.3, -0.25) is 9.97 Å². The molecule has 0 atom stereocenters. The van der Waals surface area contributed by atoms with Gasteiger partial charge in [0.25, 0.3) is 0 Å². The molecular weight excluding hydrogens is 404 g/mol. The van der Waals surface area contributed by atoms with Crippen LogP contribution in [-0.4, -0.2) is 20.9 Å². The molecule has 0 aliphatic heterocycles. The zero-order valence-corrected chi connectivity index (χ0v) is 16.9. The molecule has 2 amide bonds. The van der Waals surface area contributed by atoms with Gasteiger partial charge < -0.3 is 10.2 Å². The van der Waals surface area contributed by atoms with Gasteiger partial charge in [0.15, 0.2) is 0 Å². The Hall–Kier alpha value is -2.73. The van der Waals surface area contributed by atoms with E-state index < -0.39 is 0 Å². The first-order valence-electron chi connectivity index (χ1n) is 8.63. The molecule has 0 aliphatic rings. The van der Waals surface area contributed by atoms with E-state index in [1.54, 1.807) is 29.7 Å². The van der Waals surface area contributed by atoms with Gasteiger partial charge in [-0.15, -0.1) is 0 Å². The maximum absolute atomic E-state index is 13.1. The van der Waals surface area contributed by atoms with E-state index in [0.717, 1.165) is 32.4 Å². The number of aromatic nitrogens is 2. The van der Waals surface area contributed by atoms with Crippen molar-refractivity contribution in [2.24, 2.45) is 0 Å². The fourth-order valence-corrected chi connectivity index (χ4v) is 3.60. The summed E-state index contributed by atoms with van der Waals surface area (Å²) in [6.07, 6.45) is 6.98. The third kappa shape index (κ3) is 5.14. The molecule has 0 spiro atoms. The van der Waals surface area contributed by atoms with Crippen molar-refractivity contribution in [3.05, 3.63) is 87.9 Å². The van der Waals surface area contributed by atoms with Gasteiger partial charge in [-0.1, -0.05) is 22.0 Å². The molecule has 0 aliphatic carbocycles. The summed E-state index contributed by atoms with van der Waals surface area (Å²) in [6.45, 7) is 4.93. The Morgan fingerprint density at radius 1 is 1.00 bits per heavy atom. The molecule has 6 heteroatoms. The van der Waals surface area contributed by atoms with Gasteiger partial charge in [0.2, 0.25) is 0 Å². The van der Waals surface area contributed by atoms with E-state index in [0.29, 0.717) is 13.1 Å². The predicted molar refractivity (Wildman–Crippen MR) is 110 cm³/mol. The molecule has 3 rings (SSSR count). The molecule has 1 N–H and O–H groups in total. The summed E-state index contributed by atoms with van der Waals surface area (Å²) in [4.78, 5) is 23.0. The van der Waals surface area contributed by atoms with Crippen LogP contribution >= 0.6 is 15.9 Å². The van der Waals surface area contributed by atoms with Gasteiger partial charge in [-0.05, 0) is 66.4 Å². The molecule has 5 nitrogen and oxygen atoms in total. The van der Waals surface area contributed by atoms with Crippen LogP contribution in [0, 0.1) is 13.8 Å². The number of hydrogen-bond acceptors (Lipinski definition) is 3. The Kier molecular flexibility index (Phi) is 6.19. The van der Waals surface area contributed by atoms with Gasteiger partial charge in [0.05, 0.1) is 0 Å². The van der Waals surface area contributed by atoms with Crippen molar-refractivity contribution in [1.29, 1.82) is 0 Å². The molecule has 0 saturated carbocycles. The molecule has 1 aromatic carbocycles. The minimum absolute atomic E-state index is 0.149. The fourth-order valence-electron chi connectivity index (χ4n) is 2.91. The minimum atomic E-state index is -0.149. The fraction of sp³-hybridized carbons (Fsp3) is 0.190. The summed E-state index contributed by atoms with van der Waals surface area (Å²) in [5.74, 6) is 0. The average Bonchev–Trinajstić information content (AvgIpc) is 2.65. The maximum Gasteiger partial charge on any atom is 0.322 e. The number of nitrogens with zero attached hydrogens (tertiary/aromatic N) is 3. The third-order valence-electron chi connectivity index (χ3n) is 4.24. The van der Waals surface area contributed by atoms with Crippen molar-refractivity contribution in [1.82, 2.24) is 14.9 Å². The summed E-state index contributed by atoms with van der Waals surface area (Å²) >= 11 is 3.49. The Labute approximate surface area is 167 Å². The third-order valence-corrected chi connectivity index (χ3v) is 4.69. The highest BCUT2D eigenvalue weighted by atomic mass is 79.9. The Morgan fingerprint density at radius 2 is 1.67 bits per heavy atom. The lowest BCUT2D eigenvalue weighted by Crippen LogP contribution is -2.34. The van der Waals surface area contributed by atoms with Crippen LogP contribution in [0.2, 0.25) is 0 Å². The van der Waals surface area contributed by atoms with Crippen molar-refractivity contribution in [2.75, 3.05) is 5.32 Å². The normalized spacial score (nSPS) is 10.5. The van der Waals surface area contributed by atoms with E-state index in [9.17, 15) is 4.79 Å². The summed E-state index contributed by atoms with van der Waals surface area (Å²) in [7, 11) is 0. The number of nitrogens with one attached hydrogen (secondary N) is 1. The molecule has 0 radical (unpaired) electrons. The Bertz CT molecular complexity index is 851. The van der Waals surface area contributed by atoms with Gasteiger partial charge >= 0.3 is 6.03 Å². The summed E-state index contributed by atoms with van der Waals surface area (Å²) in [5.41, 5.74) is 4.87. The van der Waals surface area contributed by atoms with E-state index in [1.165, 1.54) is 0 Å². The highest BCUT2D eigenvalue weighted by Gasteiger charge is 2.17. The minimum Gasteiger partial charge on any atom is -0.316 e. The number of urea groups is 1.